The van der Waals surface area contributed by atoms with Gasteiger partial charge in [-0.1, -0.05) is 18.2 Å². The van der Waals surface area contributed by atoms with Gasteiger partial charge in [0.1, 0.15) is 6.07 Å². The topological polar surface area (TPSA) is 125 Å². The van der Waals surface area contributed by atoms with Crippen LogP contribution in [0.2, 0.25) is 0 Å². The molecule has 2 rings (SSSR count). The number of carbonyl (C=O) groups is 2. The summed E-state index contributed by atoms with van der Waals surface area (Å²) < 4.78 is 31.6. The van der Waals surface area contributed by atoms with Crippen molar-refractivity contribution in [1.29, 1.82) is 5.26 Å². The third kappa shape index (κ3) is 5.37. The lowest BCUT2D eigenvalue weighted by Gasteiger charge is -2.09. The van der Waals surface area contributed by atoms with Crippen LogP contribution in [0.1, 0.15) is 22.8 Å². The van der Waals surface area contributed by atoms with Gasteiger partial charge in [-0.2, -0.15) is 5.26 Å². The molecule has 0 aromatic heterocycles. The van der Waals surface area contributed by atoms with Crippen LogP contribution in [0.5, 0.6) is 0 Å². The number of hydrogen-bond donors (Lipinski definition) is 2. The first kappa shape index (κ1) is 20.1. The molecule has 0 atom stereocenters. The van der Waals surface area contributed by atoms with E-state index in [-0.39, 0.29) is 22.6 Å². The van der Waals surface area contributed by atoms with Gasteiger partial charge in [0.05, 0.1) is 29.2 Å². The zero-order valence-corrected chi connectivity index (χ0v) is 15.2. The number of ether oxygens (including phenoxy) is 1. The average Bonchev–Trinajstić information content (AvgIpc) is 2.67. The highest BCUT2D eigenvalue weighted by atomic mass is 32.2. The van der Waals surface area contributed by atoms with Gasteiger partial charge in [0.2, 0.25) is 15.9 Å². The second-order valence-electron chi connectivity index (χ2n) is 5.28. The molecule has 0 aliphatic carbocycles. The van der Waals surface area contributed by atoms with Crippen LogP contribution < -0.4 is 10.0 Å². The molecular weight excluding hydrogens is 370 g/mol. The number of sulfonamides is 1. The Balaban J connectivity index is 2.03. The van der Waals surface area contributed by atoms with Crippen molar-refractivity contribution < 1.29 is 22.7 Å². The van der Waals surface area contributed by atoms with E-state index in [4.69, 9.17) is 10.00 Å². The Kier molecular flexibility index (Phi) is 6.65. The summed E-state index contributed by atoms with van der Waals surface area (Å²) in [6.45, 7) is 1.37. The van der Waals surface area contributed by atoms with E-state index in [1.165, 1.54) is 30.3 Å². The van der Waals surface area contributed by atoms with Gasteiger partial charge in [-0.15, -0.1) is 0 Å². The average molecular weight is 387 g/mol. The van der Waals surface area contributed by atoms with E-state index in [1.54, 1.807) is 31.2 Å². The predicted octanol–water partition coefficient (Wildman–Crippen LogP) is 1.65. The second kappa shape index (κ2) is 8.93. The first-order valence-corrected chi connectivity index (χ1v) is 9.41. The van der Waals surface area contributed by atoms with E-state index in [9.17, 15) is 18.0 Å². The highest BCUT2D eigenvalue weighted by Crippen LogP contribution is 2.14. The van der Waals surface area contributed by atoms with Crippen LogP contribution in [0.25, 0.3) is 0 Å². The molecule has 9 heteroatoms. The van der Waals surface area contributed by atoms with Crippen molar-refractivity contribution >= 4 is 27.6 Å². The minimum absolute atomic E-state index is 0.0208. The molecule has 0 radical (unpaired) electrons. The third-order valence-electron chi connectivity index (χ3n) is 3.38. The minimum atomic E-state index is -4.03. The molecule has 2 aromatic carbocycles. The number of nitrogens with one attached hydrogen (secondary N) is 2. The zero-order chi connectivity index (χ0) is 19.9. The molecule has 0 bridgehead atoms. The Labute approximate surface area is 156 Å². The summed E-state index contributed by atoms with van der Waals surface area (Å²) in [4.78, 5) is 23.5. The summed E-state index contributed by atoms with van der Waals surface area (Å²) in [5, 5.41) is 11.5. The van der Waals surface area contributed by atoms with E-state index < -0.39 is 28.4 Å². The molecule has 0 fully saturated rings. The maximum Gasteiger partial charge on any atom is 0.338 e. The van der Waals surface area contributed by atoms with Crippen molar-refractivity contribution in [1.82, 2.24) is 4.72 Å². The van der Waals surface area contributed by atoms with E-state index in [2.05, 4.69) is 10.0 Å². The Morgan fingerprint density at radius 3 is 2.59 bits per heavy atom. The second-order valence-corrected chi connectivity index (χ2v) is 7.02. The summed E-state index contributed by atoms with van der Waals surface area (Å²) in [5.74, 6) is -1.16. The van der Waals surface area contributed by atoms with Crippen molar-refractivity contribution in [3.63, 3.8) is 0 Å². The molecule has 8 nitrogen and oxygen atoms in total. The van der Waals surface area contributed by atoms with Gasteiger partial charge < -0.3 is 10.1 Å². The first-order valence-electron chi connectivity index (χ1n) is 7.93. The van der Waals surface area contributed by atoms with E-state index in [1.807, 2.05) is 0 Å². The van der Waals surface area contributed by atoms with Crippen LogP contribution in [-0.4, -0.2) is 33.4 Å². The number of hydrogen-bond acceptors (Lipinski definition) is 6. The van der Waals surface area contributed by atoms with Crippen LogP contribution in [0.3, 0.4) is 0 Å². The summed E-state index contributed by atoms with van der Waals surface area (Å²) >= 11 is 0. The maximum absolute atomic E-state index is 12.3. The highest BCUT2D eigenvalue weighted by molar-refractivity contribution is 7.89. The van der Waals surface area contributed by atoms with Gasteiger partial charge in [-0.3, -0.25) is 4.79 Å². The first-order chi connectivity index (χ1) is 12.9. The molecule has 1 amide bonds. The van der Waals surface area contributed by atoms with Crippen molar-refractivity contribution in [2.45, 2.75) is 11.8 Å². The number of amides is 1. The number of esters is 1. The van der Waals surface area contributed by atoms with Crippen molar-refractivity contribution in [3.8, 4) is 6.07 Å². The van der Waals surface area contributed by atoms with Crippen molar-refractivity contribution in [3.05, 3.63) is 59.7 Å². The summed E-state index contributed by atoms with van der Waals surface area (Å²) in [6.07, 6.45) is 0. The molecule has 0 aliphatic rings. The van der Waals surface area contributed by atoms with E-state index >= 15 is 0 Å². The normalized spacial score (nSPS) is 10.7. The van der Waals surface area contributed by atoms with Crippen LogP contribution in [0.15, 0.2) is 53.4 Å². The quantitative estimate of drug-likeness (QED) is 0.696. The van der Waals surface area contributed by atoms with Gasteiger partial charge in [0, 0.05) is 5.69 Å². The fourth-order valence-corrected chi connectivity index (χ4v) is 3.31. The lowest BCUT2D eigenvalue weighted by atomic mass is 10.2. The summed E-state index contributed by atoms with van der Waals surface area (Å²) in [6, 6.07) is 13.6. The lowest BCUT2D eigenvalue weighted by molar-refractivity contribution is -0.115. The van der Waals surface area contributed by atoms with Gasteiger partial charge in [0.15, 0.2) is 0 Å². The van der Waals surface area contributed by atoms with Crippen LogP contribution in [0, 0.1) is 11.3 Å². The smallest absolute Gasteiger partial charge is 0.338 e. The SMILES string of the molecule is CCOC(=O)c1cccc(NC(=O)CNS(=O)(=O)c2ccccc2C#N)c1. The van der Waals surface area contributed by atoms with Crippen LogP contribution in [0.4, 0.5) is 5.69 Å². The maximum atomic E-state index is 12.3. The van der Waals surface area contributed by atoms with E-state index in [0.29, 0.717) is 5.69 Å². The summed E-state index contributed by atoms with van der Waals surface area (Å²) in [7, 11) is -4.03. The van der Waals surface area contributed by atoms with Gasteiger partial charge in [-0.05, 0) is 37.3 Å². The minimum Gasteiger partial charge on any atom is -0.462 e. The van der Waals surface area contributed by atoms with Crippen LogP contribution >= 0.6 is 0 Å². The molecule has 0 spiro atoms. The van der Waals surface area contributed by atoms with Gasteiger partial charge in [-0.25, -0.2) is 17.9 Å². The van der Waals surface area contributed by atoms with Crippen LogP contribution in [-0.2, 0) is 19.6 Å². The Morgan fingerprint density at radius 2 is 1.89 bits per heavy atom. The Bertz CT molecular complexity index is 996. The van der Waals surface area contributed by atoms with E-state index in [0.717, 1.165) is 0 Å². The largest absolute Gasteiger partial charge is 0.462 e. The molecular formula is C18H17N3O5S. The number of carbonyl (C=O) groups excluding carboxylic acids is 2. The fraction of sp³-hybridized carbons (Fsp3) is 0.167. The van der Waals surface area contributed by atoms with Crippen molar-refractivity contribution in [2.75, 3.05) is 18.5 Å². The summed E-state index contributed by atoms with van der Waals surface area (Å²) in [5.41, 5.74) is 0.563. The standard InChI is InChI=1S/C18H17N3O5S/c1-2-26-18(23)13-7-5-8-15(10-13)21-17(22)12-20-27(24,25)16-9-4-3-6-14(16)11-19/h3-10,20H,2,12H2,1H3,(H,21,22). The van der Waals surface area contributed by atoms with Gasteiger partial charge in [0.25, 0.3) is 0 Å². The number of nitriles is 1. The molecule has 0 saturated carbocycles. The molecule has 0 unspecified atom stereocenters. The zero-order valence-electron chi connectivity index (χ0n) is 14.4. The number of nitrogens with zero attached hydrogens (tertiary/aromatic N) is 1. The van der Waals surface area contributed by atoms with Gasteiger partial charge >= 0.3 is 5.97 Å². The lowest BCUT2D eigenvalue weighted by Crippen LogP contribution is -2.33. The number of rotatable bonds is 7. The van der Waals surface area contributed by atoms with Crippen molar-refractivity contribution in [2.24, 2.45) is 0 Å². The highest BCUT2D eigenvalue weighted by Gasteiger charge is 2.19. The molecule has 0 heterocycles. The molecule has 27 heavy (non-hydrogen) atoms. The third-order valence-corrected chi connectivity index (χ3v) is 4.84. The number of anilines is 1. The molecule has 2 N–H and O–H groups in total. The molecule has 140 valence electrons. The Hall–Kier alpha value is -3.22. The predicted molar refractivity (Wildman–Crippen MR) is 97.4 cm³/mol. The molecule has 2 aromatic rings. The molecule has 0 saturated heterocycles. The molecule has 0 aliphatic heterocycles. The fourth-order valence-electron chi connectivity index (χ4n) is 2.18. The number of benzene rings is 2. The Morgan fingerprint density at radius 1 is 1.15 bits per heavy atom. The monoisotopic (exact) mass is 387 g/mol.